The normalized spacial score (nSPS) is 22.0. The molecule has 1 N–H and O–H groups in total. The minimum absolute atomic E-state index is 0.164. The number of cyclic esters (lactones) is 1. The topological polar surface area (TPSA) is 147 Å². The average Bonchev–Trinajstić information content (AvgIpc) is 2.84. The number of hydrogen-bond acceptors (Lipinski definition) is 7. The molecule has 9 nitrogen and oxygen atoms in total. The lowest BCUT2D eigenvalue weighted by Gasteiger charge is -2.26. The molecule has 1 aromatic rings. The zero-order chi connectivity index (χ0) is 16.9. The van der Waals surface area contributed by atoms with Crippen LogP contribution in [0.15, 0.2) is 34.5 Å². The van der Waals surface area contributed by atoms with Gasteiger partial charge in [-0.1, -0.05) is 19.1 Å². The van der Waals surface area contributed by atoms with Crippen LogP contribution in [0.5, 0.6) is 0 Å². The van der Waals surface area contributed by atoms with Crippen molar-refractivity contribution in [1.82, 2.24) is 0 Å². The Kier molecular flexibility index (Phi) is 4.46. The second-order valence-corrected chi connectivity index (χ2v) is 4.84. The zero-order valence-electron chi connectivity index (χ0n) is 12.1. The Hall–Kier alpha value is -3.55. The molecule has 9 heteroatoms. The Bertz CT molecular complexity index is 765. The van der Waals surface area contributed by atoms with Gasteiger partial charge in [0, 0.05) is 16.4 Å². The summed E-state index contributed by atoms with van der Waals surface area (Å²) in [5.41, 5.74) is 10.7. The highest BCUT2D eigenvalue weighted by molar-refractivity contribution is 6.10. The number of hydrazone groups is 1. The number of carbonyl (C=O) groups excluding carboxylic acids is 1. The monoisotopic (exact) mass is 309 g/mol. The van der Waals surface area contributed by atoms with E-state index in [1.807, 2.05) is 0 Å². The lowest BCUT2D eigenvalue weighted by Crippen LogP contribution is -2.28. The van der Waals surface area contributed by atoms with E-state index in [1.165, 1.54) is 0 Å². The summed E-state index contributed by atoms with van der Waals surface area (Å²) in [5, 5.41) is 24.5. The summed E-state index contributed by atoms with van der Waals surface area (Å²) in [6.45, 7) is 1.77. The molecule has 23 heavy (non-hydrogen) atoms. The first kappa shape index (κ1) is 15.8. The van der Waals surface area contributed by atoms with E-state index in [1.54, 1.807) is 43.3 Å². The van der Waals surface area contributed by atoms with Crippen LogP contribution in [0.4, 0.5) is 5.69 Å². The molecule has 0 bridgehead atoms. The number of benzene rings is 1. The number of nitrogens with one attached hydrogen (secondary N) is 1. The van der Waals surface area contributed by atoms with E-state index >= 15 is 0 Å². The van der Waals surface area contributed by atoms with Gasteiger partial charge < -0.3 is 4.74 Å². The second-order valence-electron chi connectivity index (χ2n) is 4.84. The van der Waals surface area contributed by atoms with Crippen molar-refractivity contribution in [2.24, 2.45) is 16.1 Å². The van der Waals surface area contributed by atoms with Gasteiger partial charge in [0.1, 0.15) is 12.1 Å². The van der Waals surface area contributed by atoms with Crippen LogP contribution in [0, 0.1) is 28.6 Å². The maximum absolute atomic E-state index is 11.5. The first-order chi connectivity index (χ1) is 11.1. The summed E-state index contributed by atoms with van der Waals surface area (Å²) in [6.07, 6.45) is 0.164. The van der Waals surface area contributed by atoms with Gasteiger partial charge in [0.2, 0.25) is 11.4 Å². The van der Waals surface area contributed by atoms with Crippen LogP contribution in [-0.2, 0) is 15.3 Å². The Morgan fingerprint density at radius 2 is 2.09 bits per heavy atom. The summed E-state index contributed by atoms with van der Waals surface area (Å²) in [7, 11) is 0. The first-order valence-electron chi connectivity index (χ1n) is 6.58. The molecule has 0 aliphatic carbocycles. The molecule has 0 radical (unpaired) electrons. The van der Waals surface area contributed by atoms with Crippen LogP contribution in [0.2, 0.25) is 0 Å². The molecule has 0 amide bonds. The zero-order valence-corrected chi connectivity index (χ0v) is 12.1. The lowest BCUT2D eigenvalue weighted by atomic mass is 9.91. The Balaban J connectivity index is 2.30. The van der Waals surface area contributed by atoms with Gasteiger partial charge in [0.05, 0.1) is 12.1 Å². The van der Waals surface area contributed by atoms with Gasteiger partial charge in [0.15, 0.2) is 0 Å². The highest BCUT2D eigenvalue weighted by Crippen LogP contribution is 2.43. The van der Waals surface area contributed by atoms with Gasteiger partial charge in [-0.2, -0.15) is 15.6 Å². The van der Waals surface area contributed by atoms with Crippen molar-refractivity contribution >= 4 is 17.4 Å². The summed E-state index contributed by atoms with van der Waals surface area (Å²) in [4.78, 5) is 14.3. The molecular weight excluding hydrogens is 298 g/mol. The van der Waals surface area contributed by atoms with Gasteiger partial charge in [-0.15, -0.1) is 0 Å². The molecule has 0 saturated carbocycles. The van der Waals surface area contributed by atoms with Gasteiger partial charge >= 0.3 is 5.97 Å². The van der Waals surface area contributed by atoms with E-state index in [2.05, 4.69) is 20.6 Å². The van der Waals surface area contributed by atoms with Crippen molar-refractivity contribution in [3.63, 3.8) is 0 Å². The SMILES string of the molecule is CC1CC(=O)OC1(N=[N+]=[N-])c1ccc(NN=C(C#N)C#N)cc1. The fourth-order valence-electron chi connectivity index (χ4n) is 2.27. The summed E-state index contributed by atoms with van der Waals surface area (Å²) in [6, 6.07) is 9.72. The number of nitrogens with zero attached hydrogens (tertiary/aromatic N) is 6. The Morgan fingerprint density at radius 3 is 2.57 bits per heavy atom. The Labute approximate surface area is 131 Å². The highest BCUT2D eigenvalue weighted by atomic mass is 16.6. The predicted octanol–water partition coefficient (Wildman–Crippen LogP) is 2.55. The number of ether oxygens (including phenoxy) is 1. The second kappa shape index (κ2) is 6.48. The molecule has 1 aliphatic heterocycles. The average molecular weight is 309 g/mol. The maximum atomic E-state index is 11.5. The van der Waals surface area contributed by atoms with Crippen LogP contribution < -0.4 is 5.43 Å². The van der Waals surface area contributed by atoms with Crippen molar-refractivity contribution in [2.45, 2.75) is 19.1 Å². The van der Waals surface area contributed by atoms with Crippen molar-refractivity contribution < 1.29 is 9.53 Å². The van der Waals surface area contributed by atoms with E-state index in [0.717, 1.165) is 0 Å². The fraction of sp³-hybridized carbons (Fsp3) is 0.286. The third-order valence-corrected chi connectivity index (χ3v) is 3.41. The van der Waals surface area contributed by atoms with Crippen LogP contribution >= 0.6 is 0 Å². The van der Waals surface area contributed by atoms with Gasteiger partial charge in [0.25, 0.3) is 0 Å². The van der Waals surface area contributed by atoms with Gasteiger partial charge in [-0.3, -0.25) is 10.2 Å². The summed E-state index contributed by atoms with van der Waals surface area (Å²) in [5.74, 6) is -0.726. The number of esters is 1. The molecule has 2 rings (SSSR count). The van der Waals surface area contributed by atoms with Crippen LogP contribution in [0.1, 0.15) is 18.9 Å². The fourth-order valence-corrected chi connectivity index (χ4v) is 2.27. The molecule has 114 valence electrons. The molecule has 1 fully saturated rings. The predicted molar refractivity (Wildman–Crippen MR) is 79.4 cm³/mol. The van der Waals surface area contributed by atoms with Crippen LogP contribution in [-0.4, -0.2) is 11.7 Å². The van der Waals surface area contributed by atoms with Crippen molar-refractivity contribution in [2.75, 3.05) is 5.43 Å². The number of carbonyl (C=O) groups is 1. The molecule has 0 spiro atoms. The molecule has 1 aliphatic rings. The minimum atomic E-state index is -1.36. The molecular formula is C14H11N7O2. The molecule has 2 unspecified atom stereocenters. The Morgan fingerprint density at radius 1 is 1.43 bits per heavy atom. The first-order valence-corrected chi connectivity index (χ1v) is 6.58. The van der Waals surface area contributed by atoms with E-state index in [0.29, 0.717) is 11.3 Å². The quantitative estimate of drug-likeness (QED) is 0.226. The van der Waals surface area contributed by atoms with E-state index < -0.39 is 11.7 Å². The highest BCUT2D eigenvalue weighted by Gasteiger charge is 2.47. The summed E-state index contributed by atoms with van der Waals surface area (Å²) < 4.78 is 5.27. The summed E-state index contributed by atoms with van der Waals surface area (Å²) >= 11 is 0. The van der Waals surface area contributed by atoms with Crippen molar-refractivity contribution in [1.29, 1.82) is 10.5 Å². The molecule has 1 aromatic carbocycles. The molecule has 0 aromatic heterocycles. The van der Waals surface area contributed by atoms with Gasteiger partial charge in [-0.05, 0) is 22.8 Å². The van der Waals surface area contributed by atoms with E-state index in [-0.39, 0.29) is 18.1 Å². The molecule has 2 atom stereocenters. The van der Waals surface area contributed by atoms with Crippen molar-refractivity contribution in [3.8, 4) is 12.1 Å². The van der Waals surface area contributed by atoms with Gasteiger partial charge in [-0.25, -0.2) is 0 Å². The number of hydrogen-bond donors (Lipinski definition) is 1. The maximum Gasteiger partial charge on any atom is 0.307 e. The smallest absolute Gasteiger partial charge is 0.307 e. The van der Waals surface area contributed by atoms with E-state index in [9.17, 15) is 4.79 Å². The third kappa shape index (κ3) is 3.05. The van der Waals surface area contributed by atoms with Crippen molar-refractivity contribution in [3.05, 3.63) is 40.3 Å². The standard InChI is InChI=1S/C14H11N7O2/c1-9-6-13(22)23-14(9,20-21-17)10-2-4-11(5-3-10)18-19-12(7-15)8-16/h2-5,9,18H,6H2,1H3. The van der Waals surface area contributed by atoms with Crippen LogP contribution in [0.25, 0.3) is 10.4 Å². The molecule has 1 saturated heterocycles. The number of rotatable bonds is 4. The number of azide groups is 1. The largest absolute Gasteiger partial charge is 0.448 e. The van der Waals surface area contributed by atoms with Crippen LogP contribution in [0.3, 0.4) is 0 Å². The third-order valence-electron chi connectivity index (χ3n) is 3.41. The lowest BCUT2D eigenvalue weighted by molar-refractivity contribution is -0.149. The van der Waals surface area contributed by atoms with E-state index in [4.69, 9.17) is 20.8 Å². The molecule has 1 heterocycles. The number of nitriles is 2. The minimum Gasteiger partial charge on any atom is -0.448 e. The number of anilines is 1.